The van der Waals surface area contributed by atoms with Gasteiger partial charge in [-0.1, -0.05) is 38.1 Å². The number of nitrogens with zero attached hydrogens (tertiary/aromatic N) is 5. The summed E-state index contributed by atoms with van der Waals surface area (Å²) in [6, 6.07) is 20.3. The van der Waals surface area contributed by atoms with Crippen LogP contribution in [0.5, 0.6) is 5.75 Å². The number of hydrogen-bond acceptors (Lipinski definition) is 7. The van der Waals surface area contributed by atoms with Crippen LogP contribution in [0.15, 0.2) is 70.8 Å². The molecule has 0 aliphatic rings. The first-order chi connectivity index (χ1) is 18.6. The van der Waals surface area contributed by atoms with E-state index in [0.29, 0.717) is 19.6 Å². The molecule has 3 heterocycles. The lowest BCUT2D eigenvalue weighted by Gasteiger charge is -2.30. The fourth-order valence-electron chi connectivity index (χ4n) is 4.81. The Bertz CT molecular complexity index is 1540. The SMILES string of the molecule is CCc1ccc2[nH]c(=O)c(CN(Cc3cccs3)[C@H](CC)c3nnnn3Cc3ccc(OC)cc3)cc2c1. The van der Waals surface area contributed by atoms with Gasteiger partial charge in [-0.2, -0.15) is 0 Å². The average Bonchev–Trinajstić information content (AvgIpc) is 3.62. The molecule has 1 atom stereocenters. The van der Waals surface area contributed by atoms with Gasteiger partial charge < -0.3 is 9.72 Å². The number of aromatic amines is 1. The van der Waals surface area contributed by atoms with Crippen LogP contribution in [-0.4, -0.2) is 37.2 Å². The van der Waals surface area contributed by atoms with Crippen LogP contribution in [0, 0.1) is 0 Å². The van der Waals surface area contributed by atoms with E-state index >= 15 is 0 Å². The molecule has 38 heavy (non-hydrogen) atoms. The predicted molar refractivity (Wildman–Crippen MR) is 150 cm³/mol. The Kier molecular flexibility index (Phi) is 7.95. The van der Waals surface area contributed by atoms with Crippen LogP contribution in [0.2, 0.25) is 0 Å². The number of benzene rings is 2. The number of ether oxygens (including phenoxy) is 1. The van der Waals surface area contributed by atoms with E-state index in [9.17, 15) is 4.79 Å². The van der Waals surface area contributed by atoms with Gasteiger partial charge >= 0.3 is 0 Å². The molecule has 0 fully saturated rings. The van der Waals surface area contributed by atoms with E-state index in [1.54, 1.807) is 18.4 Å². The van der Waals surface area contributed by atoms with Gasteiger partial charge in [0.05, 0.1) is 19.7 Å². The van der Waals surface area contributed by atoms with Crippen molar-refractivity contribution in [3.05, 3.63) is 104 Å². The third-order valence-corrected chi connectivity index (χ3v) is 7.74. The molecule has 2 aromatic carbocycles. The van der Waals surface area contributed by atoms with Crippen molar-refractivity contribution in [1.29, 1.82) is 0 Å². The summed E-state index contributed by atoms with van der Waals surface area (Å²) >= 11 is 1.71. The Balaban J connectivity index is 1.48. The lowest BCUT2D eigenvalue weighted by atomic mass is 10.1. The number of H-pyrrole nitrogens is 1. The largest absolute Gasteiger partial charge is 0.497 e. The highest BCUT2D eigenvalue weighted by Gasteiger charge is 2.26. The number of hydrogen-bond donors (Lipinski definition) is 1. The minimum Gasteiger partial charge on any atom is -0.497 e. The molecule has 0 spiro atoms. The minimum atomic E-state index is -0.0811. The van der Waals surface area contributed by atoms with Gasteiger partial charge in [0.1, 0.15) is 5.75 Å². The molecule has 5 rings (SSSR count). The van der Waals surface area contributed by atoms with Crippen molar-refractivity contribution in [2.24, 2.45) is 0 Å². The van der Waals surface area contributed by atoms with Gasteiger partial charge in [0, 0.05) is 29.0 Å². The Morgan fingerprint density at radius 3 is 2.58 bits per heavy atom. The fraction of sp³-hybridized carbons (Fsp3) is 0.310. The van der Waals surface area contributed by atoms with E-state index in [-0.39, 0.29) is 11.6 Å². The van der Waals surface area contributed by atoms with Gasteiger partial charge in [-0.05, 0) is 81.6 Å². The van der Waals surface area contributed by atoms with Crippen LogP contribution in [0.3, 0.4) is 0 Å². The number of rotatable bonds is 11. The number of thiophene rings is 1. The molecule has 0 aliphatic carbocycles. The number of aromatic nitrogens is 5. The normalized spacial score (nSPS) is 12.3. The number of nitrogens with one attached hydrogen (secondary N) is 1. The molecule has 0 aliphatic heterocycles. The van der Waals surface area contributed by atoms with E-state index < -0.39 is 0 Å². The van der Waals surface area contributed by atoms with E-state index in [2.05, 4.69) is 68.9 Å². The summed E-state index contributed by atoms with van der Waals surface area (Å²) in [5, 5.41) is 15.9. The predicted octanol–water partition coefficient (Wildman–Crippen LogP) is 5.35. The Morgan fingerprint density at radius 2 is 1.87 bits per heavy atom. The van der Waals surface area contributed by atoms with Crippen molar-refractivity contribution in [2.45, 2.75) is 52.4 Å². The highest BCUT2D eigenvalue weighted by Crippen LogP contribution is 2.28. The van der Waals surface area contributed by atoms with Crippen molar-refractivity contribution in [1.82, 2.24) is 30.1 Å². The smallest absolute Gasteiger partial charge is 0.252 e. The topological polar surface area (TPSA) is 88.9 Å². The maximum atomic E-state index is 13.1. The number of methoxy groups -OCH3 is 1. The second kappa shape index (κ2) is 11.7. The maximum absolute atomic E-state index is 13.1. The van der Waals surface area contributed by atoms with Gasteiger partial charge in [-0.15, -0.1) is 16.4 Å². The van der Waals surface area contributed by atoms with Crippen LogP contribution >= 0.6 is 11.3 Å². The minimum absolute atomic E-state index is 0.0643. The summed E-state index contributed by atoms with van der Waals surface area (Å²) in [6.07, 6.45) is 1.74. The van der Waals surface area contributed by atoms with Gasteiger partial charge in [-0.25, -0.2) is 4.68 Å². The van der Waals surface area contributed by atoms with Crippen molar-refractivity contribution in [3.8, 4) is 5.75 Å². The zero-order valence-corrected chi connectivity index (χ0v) is 22.7. The number of tetrazole rings is 1. The zero-order chi connectivity index (χ0) is 26.5. The molecule has 0 radical (unpaired) electrons. The summed E-state index contributed by atoms with van der Waals surface area (Å²) in [4.78, 5) is 19.8. The lowest BCUT2D eigenvalue weighted by Crippen LogP contribution is -2.32. The van der Waals surface area contributed by atoms with Gasteiger partial charge in [0.2, 0.25) is 0 Å². The van der Waals surface area contributed by atoms with Crippen LogP contribution < -0.4 is 10.3 Å². The lowest BCUT2D eigenvalue weighted by molar-refractivity contribution is 0.163. The second-order valence-corrected chi connectivity index (χ2v) is 10.4. The molecule has 0 bridgehead atoms. The van der Waals surface area contributed by atoms with E-state index in [4.69, 9.17) is 4.74 Å². The van der Waals surface area contributed by atoms with Crippen LogP contribution in [0.4, 0.5) is 0 Å². The summed E-state index contributed by atoms with van der Waals surface area (Å²) < 4.78 is 7.15. The molecule has 1 N–H and O–H groups in total. The average molecular weight is 529 g/mol. The molecule has 5 aromatic rings. The van der Waals surface area contributed by atoms with Crippen molar-refractivity contribution in [3.63, 3.8) is 0 Å². The molecule has 9 heteroatoms. The number of pyridine rings is 1. The third kappa shape index (κ3) is 5.69. The van der Waals surface area contributed by atoms with E-state index in [1.165, 1.54) is 10.4 Å². The van der Waals surface area contributed by atoms with Gasteiger partial charge in [0.25, 0.3) is 5.56 Å². The molecule has 8 nitrogen and oxygen atoms in total. The van der Waals surface area contributed by atoms with Gasteiger partial charge in [0.15, 0.2) is 5.82 Å². The van der Waals surface area contributed by atoms with Crippen LogP contribution in [0.1, 0.15) is 53.7 Å². The molecule has 0 unspecified atom stereocenters. The number of fused-ring (bicyclic) bond motifs is 1. The Morgan fingerprint density at radius 1 is 1.05 bits per heavy atom. The summed E-state index contributed by atoms with van der Waals surface area (Å²) in [5.41, 5.74) is 3.85. The molecule has 196 valence electrons. The summed E-state index contributed by atoms with van der Waals surface area (Å²) in [5.74, 6) is 1.59. The quantitative estimate of drug-likeness (QED) is 0.249. The molecule has 0 amide bonds. The third-order valence-electron chi connectivity index (χ3n) is 6.88. The fourth-order valence-corrected chi connectivity index (χ4v) is 5.54. The summed E-state index contributed by atoms with van der Waals surface area (Å²) in [6.45, 7) is 5.99. The second-order valence-electron chi connectivity index (χ2n) is 9.35. The number of aryl methyl sites for hydroxylation is 1. The van der Waals surface area contributed by atoms with E-state index in [0.717, 1.165) is 46.4 Å². The standard InChI is InChI=1S/C29H32N6O2S/c1-4-20-10-13-26-22(15-20)16-23(29(36)30-26)18-34(19-25-7-6-14-38-25)27(5-2)28-31-32-33-35(28)17-21-8-11-24(37-3)12-9-21/h6-16,27H,4-5,17-19H2,1-3H3,(H,30,36)/t27-/m1/s1. The first-order valence-corrected chi connectivity index (χ1v) is 13.8. The van der Waals surface area contributed by atoms with E-state index in [1.807, 2.05) is 41.1 Å². The molecular formula is C29H32N6O2S. The Hall–Kier alpha value is -3.82. The maximum Gasteiger partial charge on any atom is 0.252 e. The van der Waals surface area contributed by atoms with Crippen molar-refractivity contribution < 1.29 is 4.74 Å². The highest BCUT2D eigenvalue weighted by molar-refractivity contribution is 7.09. The first-order valence-electron chi connectivity index (χ1n) is 12.9. The monoisotopic (exact) mass is 528 g/mol. The first kappa shape index (κ1) is 25.8. The van der Waals surface area contributed by atoms with Crippen LogP contribution in [-0.2, 0) is 26.1 Å². The Labute approximate surface area is 225 Å². The molecule has 0 saturated carbocycles. The van der Waals surface area contributed by atoms with Gasteiger partial charge in [-0.3, -0.25) is 9.69 Å². The highest BCUT2D eigenvalue weighted by atomic mass is 32.1. The molecular weight excluding hydrogens is 496 g/mol. The molecule has 0 saturated heterocycles. The van der Waals surface area contributed by atoms with Crippen molar-refractivity contribution in [2.75, 3.05) is 7.11 Å². The zero-order valence-electron chi connectivity index (χ0n) is 21.9. The summed E-state index contributed by atoms with van der Waals surface area (Å²) in [7, 11) is 1.66. The molecule has 3 aromatic heterocycles. The van der Waals surface area contributed by atoms with Crippen LogP contribution in [0.25, 0.3) is 10.9 Å². The van der Waals surface area contributed by atoms with Crippen molar-refractivity contribution >= 4 is 22.2 Å².